The Hall–Kier alpha value is -1.93. The maximum absolute atomic E-state index is 11.9. The Labute approximate surface area is 139 Å². The van der Waals surface area contributed by atoms with Crippen molar-refractivity contribution in [2.75, 3.05) is 38.1 Å². The fourth-order valence-electron chi connectivity index (χ4n) is 1.80. The molecule has 0 aliphatic heterocycles. The summed E-state index contributed by atoms with van der Waals surface area (Å²) in [5.41, 5.74) is -0.758. The molecule has 1 atom stereocenters. The van der Waals surface area contributed by atoms with Crippen molar-refractivity contribution in [3.05, 3.63) is 18.2 Å². The Morgan fingerprint density at radius 1 is 1.26 bits per heavy atom. The number of amides is 2. The van der Waals surface area contributed by atoms with Gasteiger partial charge in [-0.3, -0.25) is 9.59 Å². The quantitative estimate of drug-likeness (QED) is 0.636. The molecule has 0 saturated heterocycles. The SMILES string of the molecule is COc1ccc(OC)c(NC(=O)C(=O)NCC(C)(O)CSC)c1. The first-order valence-electron chi connectivity index (χ1n) is 6.85. The van der Waals surface area contributed by atoms with Crippen LogP contribution in [0.25, 0.3) is 0 Å². The summed E-state index contributed by atoms with van der Waals surface area (Å²) in [4.78, 5) is 23.8. The van der Waals surface area contributed by atoms with Crippen LogP contribution in [0.2, 0.25) is 0 Å². The Balaban J connectivity index is 2.70. The van der Waals surface area contributed by atoms with Crippen LogP contribution in [-0.2, 0) is 9.59 Å². The lowest BCUT2D eigenvalue weighted by Crippen LogP contribution is -2.45. The lowest BCUT2D eigenvalue weighted by molar-refractivity contribution is -0.136. The molecule has 0 bridgehead atoms. The van der Waals surface area contributed by atoms with E-state index in [1.807, 2.05) is 6.26 Å². The molecular weight excluding hydrogens is 320 g/mol. The third-order valence-corrected chi connectivity index (χ3v) is 3.86. The van der Waals surface area contributed by atoms with E-state index in [1.54, 1.807) is 25.1 Å². The van der Waals surface area contributed by atoms with Crippen molar-refractivity contribution < 1.29 is 24.2 Å². The number of aliphatic hydroxyl groups is 1. The van der Waals surface area contributed by atoms with Crippen molar-refractivity contribution in [2.24, 2.45) is 0 Å². The van der Waals surface area contributed by atoms with Gasteiger partial charge in [-0.2, -0.15) is 11.8 Å². The predicted octanol–water partition coefficient (Wildman–Crippen LogP) is 0.872. The standard InChI is InChI=1S/C15H22N2O5S/c1-15(20,9-23-4)8-16-13(18)14(19)17-11-7-10(21-2)5-6-12(11)22-3/h5-7,20H,8-9H2,1-4H3,(H,16,18)(H,17,19). The van der Waals surface area contributed by atoms with E-state index in [2.05, 4.69) is 10.6 Å². The highest BCUT2D eigenvalue weighted by molar-refractivity contribution is 7.98. The highest BCUT2D eigenvalue weighted by Gasteiger charge is 2.23. The van der Waals surface area contributed by atoms with Crippen molar-refractivity contribution in [3.63, 3.8) is 0 Å². The zero-order valence-corrected chi connectivity index (χ0v) is 14.5. The number of anilines is 1. The van der Waals surface area contributed by atoms with E-state index >= 15 is 0 Å². The topological polar surface area (TPSA) is 96.9 Å². The Kier molecular flexibility index (Phi) is 7.18. The summed E-state index contributed by atoms with van der Waals surface area (Å²) in [5, 5.41) is 14.9. The molecule has 0 heterocycles. The monoisotopic (exact) mass is 342 g/mol. The number of benzene rings is 1. The summed E-state index contributed by atoms with van der Waals surface area (Å²) >= 11 is 1.45. The number of thioether (sulfide) groups is 1. The van der Waals surface area contributed by atoms with Crippen LogP contribution in [-0.4, -0.2) is 55.3 Å². The highest BCUT2D eigenvalue weighted by Crippen LogP contribution is 2.28. The largest absolute Gasteiger partial charge is 0.497 e. The molecule has 23 heavy (non-hydrogen) atoms. The van der Waals surface area contributed by atoms with Gasteiger partial charge in [0.25, 0.3) is 0 Å². The van der Waals surface area contributed by atoms with E-state index in [4.69, 9.17) is 9.47 Å². The molecule has 128 valence electrons. The maximum Gasteiger partial charge on any atom is 0.313 e. The molecule has 8 heteroatoms. The molecule has 3 N–H and O–H groups in total. The number of carbonyl (C=O) groups excluding carboxylic acids is 2. The molecule has 1 unspecified atom stereocenters. The number of hydrogen-bond donors (Lipinski definition) is 3. The molecular formula is C15H22N2O5S. The average Bonchev–Trinajstić information content (AvgIpc) is 2.52. The van der Waals surface area contributed by atoms with Crippen molar-refractivity contribution in [1.29, 1.82) is 0 Å². The lowest BCUT2D eigenvalue weighted by atomic mass is 10.1. The van der Waals surface area contributed by atoms with Gasteiger partial charge in [0.1, 0.15) is 11.5 Å². The number of hydrogen-bond acceptors (Lipinski definition) is 6. The van der Waals surface area contributed by atoms with Crippen molar-refractivity contribution in [2.45, 2.75) is 12.5 Å². The summed E-state index contributed by atoms with van der Waals surface area (Å²) in [6, 6.07) is 4.84. The van der Waals surface area contributed by atoms with Crippen molar-refractivity contribution in [3.8, 4) is 11.5 Å². The number of carbonyl (C=O) groups is 2. The van der Waals surface area contributed by atoms with Crippen LogP contribution in [0.5, 0.6) is 11.5 Å². The minimum Gasteiger partial charge on any atom is -0.497 e. The number of nitrogens with one attached hydrogen (secondary N) is 2. The normalized spacial score (nSPS) is 12.9. The Morgan fingerprint density at radius 3 is 2.52 bits per heavy atom. The third kappa shape index (κ3) is 5.99. The van der Waals surface area contributed by atoms with Gasteiger partial charge in [-0.25, -0.2) is 0 Å². The molecule has 0 aliphatic rings. The van der Waals surface area contributed by atoms with E-state index in [9.17, 15) is 14.7 Å². The lowest BCUT2D eigenvalue weighted by Gasteiger charge is -2.22. The Bertz CT molecular complexity index is 563. The molecule has 0 radical (unpaired) electrons. The van der Waals surface area contributed by atoms with Gasteiger partial charge in [0, 0.05) is 18.4 Å². The van der Waals surface area contributed by atoms with E-state index < -0.39 is 17.4 Å². The summed E-state index contributed by atoms with van der Waals surface area (Å²) < 4.78 is 10.2. The van der Waals surface area contributed by atoms with Gasteiger partial charge in [-0.05, 0) is 25.3 Å². The first-order valence-corrected chi connectivity index (χ1v) is 8.25. The van der Waals surface area contributed by atoms with E-state index in [0.717, 1.165) is 0 Å². The Morgan fingerprint density at radius 2 is 1.96 bits per heavy atom. The predicted molar refractivity (Wildman–Crippen MR) is 90.2 cm³/mol. The molecule has 0 aliphatic carbocycles. The second-order valence-electron chi connectivity index (χ2n) is 5.13. The molecule has 2 amide bonds. The van der Waals surface area contributed by atoms with Gasteiger partial charge < -0.3 is 25.2 Å². The van der Waals surface area contributed by atoms with Crippen LogP contribution < -0.4 is 20.1 Å². The van der Waals surface area contributed by atoms with E-state index in [1.165, 1.54) is 26.0 Å². The molecule has 1 aromatic carbocycles. The average molecular weight is 342 g/mol. The van der Waals surface area contributed by atoms with E-state index in [0.29, 0.717) is 22.9 Å². The summed E-state index contributed by atoms with van der Waals surface area (Å²) in [6.07, 6.45) is 1.85. The molecule has 0 spiro atoms. The zero-order chi connectivity index (χ0) is 17.5. The minimum atomic E-state index is -1.08. The first-order chi connectivity index (χ1) is 10.8. The second-order valence-corrected chi connectivity index (χ2v) is 6.00. The smallest absolute Gasteiger partial charge is 0.313 e. The summed E-state index contributed by atoms with van der Waals surface area (Å²) in [5.74, 6) is -0.322. The summed E-state index contributed by atoms with van der Waals surface area (Å²) in [7, 11) is 2.95. The zero-order valence-electron chi connectivity index (χ0n) is 13.6. The van der Waals surface area contributed by atoms with Crippen LogP contribution in [0, 0.1) is 0 Å². The van der Waals surface area contributed by atoms with Gasteiger partial charge in [-0.1, -0.05) is 0 Å². The fraction of sp³-hybridized carbons (Fsp3) is 0.467. The van der Waals surface area contributed by atoms with Crippen LogP contribution in [0.3, 0.4) is 0 Å². The first kappa shape index (κ1) is 19.1. The maximum atomic E-state index is 11.9. The van der Waals surface area contributed by atoms with Crippen LogP contribution in [0.15, 0.2) is 18.2 Å². The van der Waals surface area contributed by atoms with Gasteiger partial charge >= 0.3 is 11.8 Å². The molecule has 0 saturated carbocycles. The van der Waals surface area contributed by atoms with Gasteiger partial charge in [0.2, 0.25) is 0 Å². The van der Waals surface area contributed by atoms with Crippen LogP contribution in [0.1, 0.15) is 6.92 Å². The third-order valence-electron chi connectivity index (χ3n) is 2.95. The van der Waals surface area contributed by atoms with E-state index in [-0.39, 0.29) is 6.54 Å². The molecule has 1 aromatic rings. The molecule has 0 fully saturated rings. The molecule has 0 aromatic heterocycles. The summed E-state index contributed by atoms with van der Waals surface area (Å²) in [6.45, 7) is 1.57. The fourth-order valence-corrected chi connectivity index (χ4v) is 2.53. The highest BCUT2D eigenvalue weighted by atomic mass is 32.2. The number of ether oxygens (including phenoxy) is 2. The number of rotatable bonds is 7. The van der Waals surface area contributed by atoms with Crippen LogP contribution in [0.4, 0.5) is 5.69 Å². The number of methoxy groups -OCH3 is 2. The van der Waals surface area contributed by atoms with Gasteiger partial charge in [0.05, 0.1) is 25.5 Å². The van der Waals surface area contributed by atoms with Crippen molar-refractivity contribution in [1.82, 2.24) is 5.32 Å². The molecule has 7 nitrogen and oxygen atoms in total. The van der Waals surface area contributed by atoms with Crippen molar-refractivity contribution >= 4 is 29.3 Å². The minimum absolute atomic E-state index is 0.0185. The second kappa shape index (κ2) is 8.64. The van der Waals surface area contributed by atoms with Crippen LogP contribution >= 0.6 is 11.8 Å². The molecule has 1 rings (SSSR count). The van der Waals surface area contributed by atoms with Gasteiger partial charge in [-0.15, -0.1) is 0 Å². The van der Waals surface area contributed by atoms with Gasteiger partial charge in [0.15, 0.2) is 0 Å².